The molecule has 0 aliphatic rings. The molecule has 0 aliphatic heterocycles. The van der Waals surface area contributed by atoms with Crippen molar-refractivity contribution < 1.29 is 4.42 Å². The van der Waals surface area contributed by atoms with Crippen LogP contribution in [0, 0.1) is 0 Å². The van der Waals surface area contributed by atoms with E-state index in [9.17, 15) is 0 Å². The molecule has 0 saturated carbocycles. The van der Waals surface area contributed by atoms with Crippen molar-refractivity contribution in [3.8, 4) is 22.3 Å². The third-order valence-electron chi connectivity index (χ3n) is 8.06. The molecule has 0 amide bonds. The van der Waals surface area contributed by atoms with Crippen LogP contribution in [0.2, 0.25) is 0 Å². The Morgan fingerprint density at radius 1 is 0.405 bits per heavy atom. The van der Waals surface area contributed by atoms with Gasteiger partial charge in [-0.1, -0.05) is 127 Å². The van der Waals surface area contributed by atoms with Crippen LogP contribution in [0.3, 0.4) is 0 Å². The Kier molecular flexibility index (Phi) is 5.82. The van der Waals surface area contributed by atoms with Crippen molar-refractivity contribution in [2.75, 3.05) is 4.90 Å². The fourth-order valence-corrected chi connectivity index (χ4v) is 6.14. The quantitative estimate of drug-likeness (QED) is 0.217. The predicted molar refractivity (Wildman–Crippen MR) is 177 cm³/mol. The van der Waals surface area contributed by atoms with E-state index in [2.05, 4.69) is 157 Å². The molecular formula is C40H27NO. The maximum Gasteiger partial charge on any atom is 0.159 e. The zero-order valence-corrected chi connectivity index (χ0v) is 22.9. The normalized spacial score (nSPS) is 11.3. The minimum Gasteiger partial charge on any atom is -0.454 e. The van der Waals surface area contributed by atoms with Gasteiger partial charge in [0.05, 0.1) is 11.4 Å². The number of fused-ring (bicyclic) bond motifs is 4. The van der Waals surface area contributed by atoms with Gasteiger partial charge in [-0.05, 0) is 63.9 Å². The van der Waals surface area contributed by atoms with Crippen molar-refractivity contribution in [3.05, 3.63) is 164 Å². The second kappa shape index (κ2) is 10.1. The Balaban J connectivity index is 1.34. The highest BCUT2D eigenvalue weighted by Crippen LogP contribution is 2.45. The molecule has 2 nitrogen and oxygen atoms in total. The first kappa shape index (κ1) is 24.2. The van der Waals surface area contributed by atoms with Crippen molar-refractivity contribution in [1.82, 2.24) is 0 Å². The van der Waals surface area contributed by atoms with E-state index >= 15 is 0 Å². The second-order valence-electron chi connectivity index (χ2n) is 10.5. The fraction of sp³-hybridized carbons (Fsp3) is 0. The summed E-state index contributed by atoms with van der Waals surface area (Å²) in [5, 5.41) is 4.74. The fourth-order valence-electron chi connectivity index (χ4n) is 6.14. The molecule has 1 heterocycles. The molecule has 8 rings (SSSR count). The summed E-state index contributed by atoms with van der Waals surface area (Å²) < 4.78 is 6.53. The van der Waals surface area contributed by atoms with Gasteiger partial charge >= 0.3 is 0 Å². The Hall–Kier alpha value is -5.60. The Morgan fingerprint density at radius 3 is 1.90 bits per heavy atom. The number of nitrogens with zero attached hydrogens (tertiary/aromatic N) is 1. The van der Waals surface area contributed by atoms with Crippen LogP contribution in [0.1, 0.15) is 0 Å². The number of benzene rings is 7. The van der Waals surface area contributed by atoms with Gasteiger partial charge in [0.15, 0.2) is 5.58 Å². The predicted octanol–water partition coefficient (Wildman–Crippen LogP) is 11.5. The lowest BCUT2D eigenvalue weighted by molar-refractivity contribution is 0.669. The van der Waals surface area contributed by atoms with Gasteiger partial charge in [-0.25, -0.2) is 0 Å². The maximum atomic E-state index is 6.53. The molecule has 0 bridgehead atoms. The van der Waals surface area contributed by atoms with E-state index in [1.165, 1.54) is 21.9 Å². The van der Waals surface area contributed by atoms with Crippen molar-refractivity contribution >= 4 is 49.8 Å². The van der Waals surface area contributed by atoms with Crippen molar-refractivity contribution in [2.24, 2.45) is 0 Å². The number of anilines is 3. The highest BCUT2D eigenvalue weighted by molar-refractivity contribution is 6.10. The Bertz CT molecular complexity index is 2200. The lowest BCUT2D eigenvalue weighted by Crippen LogP contribution is -2.11. The minimum absolute atomic E-state index is 0.877. The molecule has 0 atom stereocenters. The summed E-state index contributed by atoms with van der Waals surface area (Å²) in [5.74, 6) is 0. The van der Waals surface area contributed by atoms with Gasteiger partial charge < -0.3 is 9.32 Å². The van der Waals surface area contributed by atoms with Gasteiger partial charge in [-0.3, -0.25) is 0 Å². The highest BCUT2D eigenvalue weighted by Gasteiger charge is 2.21. The largest absolute Gasteiger partial charge is 0.454 e. The van der Waals surface area contributed by atoms with Gasteiger partial charge in [0, 0.05) is 22.0 Å². The van der Waals surface area contributed by atoms with E-state index in [0.29, 0.717) is 0 Å². The third kappa shape index (κ3) is 4.05. The van der Waals surface area contributed by atoms with E-state index in [4.69, 9.17) is 4.42 Å². The molecule has 2 heteroatoms. The zero-order valence-electron chi connectivity index (χ0n) is 22.9. The molecule has 8 aromatic rings. The number of rotatable bonds is 5. The van der Waals surface area contributed by atoms with Crippen LogP contribution < -0.4 is 4.90 Å². The first-order chi connectivity index (χ1) is 20.8. The van der Waals surface area contributed by atoms with E-state index < -0.39 is 0 Å². The maximum absolute atomic E-state index is 6.53. The Morgan fingerprint density at radius 2 is 1.00 bits per heavy atom. The second-order valence-corrected chi connectivity index (χ2v) is 10.5. The van der Waals surface area contributed by atoms with E-state index in [1.807, 2.05) is 12.1 Å². The van der Waals surface area contributed by atoms with Crippen LogP contribution in [0.4, 0.5) is 17.1 Å². The van der Waals surface area contributed by atoms with Gasteiger partial charge in [0.2, 0.25) is 0 Å². The summed E-state index contributed by atoms with van der Waals surface area (Å²) in [6, 6.07) is 57.9. The molecule has 0 radical (unpaired) electrons. The smallest absolute Gasteiger partial charge is 0.159 e. The molecule has 0 unspecified atom stereocenters. The van der Waals surface area contributed by atoms with Crippen LogP contribution in [-0.4, -0.2) is 0 Å². The number of para-hydroxylation sites is 4. The first-order valence-electron chi connectivity index (χ1n) is 14.3. The molecule has 198 valence electrons. The molecule has 0 N–H and O–H groups in total. The molecular weight excluding hydrogens is 510 g/mol. The lowest BCUT2D eigenvalue weighted by Gasteiger charge is -2.28. The molecule has 7 aromatic carbocycles. The van der Waals surface area contributed by atoms with Crippen LogP contribution in [0.15, 0.2) is 168 Å². The number of furan rings is 1. The third-order valence-corrected chi connectivity index (χ3v) is 8.06. The van der Waals surface area contributed by atoms with Gasteiger partial charge in [-0.15, -0.1) is 0 Å². The Labute approximate surface area is 244 Å². The first-order valence-corrected chi connectivity index (χ1v) is 14.3. The summed E-state index contributed by atoms with van der Waals surface area (Å²) >= 11 is 0. The van der Waals surface area contributed by atoms with Crippen LogP contribution >= 0.6 is 0 Å². The van der Waals surface area contributed by atoms with Crippen LogP contribution in [-0.2, 0) is 0 Å². The van der Waals surface area contributed by atoms with E-state index in [0.717, 1.165) is 50.1 Å². The highest BCUT2D eigenvalue weighted by atomic mass is 16.3. The minimum atomic E-state index is 0.877. The van der Waals surface area contributed by atoms with Gasteiger partial charge in [0.25, 0.3) is 0 Å². The molecule has 0 saturated heterocycles. The van der Waals surface area contributed by atoms with Crippen molar-refractivity contribution in [1.29, 1.82) is 0 Å². The van der Waals surface area contributed by atoms with E-state index in [1.54, 1.807) is 0 Å². The van der Waals surface area contributed by atoms with Gasteiger partial charge in [-0.2, -0.15) is 0 Å². The van der Waals surface area contributed by atoms with E-state index in [-0.39, 0.29) is 0 Å². The summed E-state index contributed by atoms with van der Waals surface area (Å²) in [7, 11) is 0. The molecule has 0 aliphatic carbocycles. The average Bonchev–Trinajstić information content (AvgIpc) is 3.45. The molecule has 0 spiro atoms. The van der Waals surface area contributed by atoms with Crippen LogP contribution in [0.5, 0.6) is 0 Å². The zero-order chi connectivity index (χ0) is 27.9. The summed E-state index contributed by atoms with van der Waals surface area (Å²) in [6.45, 7) is 0. The summed E-state index contributed by atoms with van der Waals surface area (Å²) in [6.07, 6.45) is 0. The lowest BCUT2D eigenvalue weighted by atomic mass is 9.94. The van der Waals surface area contributed by atoms with Crippen molar-refractivity contribution in [3.63, 3.8) is 0 Å². The molecule has 1 aromatic heterocycles. The molecule has 0 fully saturated rings. The SMILES string of the molecule is c1ccc(N(c2ccccc2-c2cccc(-c3cccc4ccccc34)c2)c2cccc3c2oc2ccccc23)cc1. The molecule has 42 heavy (non-hydrogen) atoms. The summed E-state index contributed by atoms with van der Waals surface area (Å²) in [4.78, 5) is 2.32. The van der Waals surface area contributed by atoms with Crippen LogP contribution in [0.25, 0.3) is 55.0 Å². The van der Waals surface area contributed by atoms with Crippen molar-refractivity contribution in [2.45, 2.75) is 0 Å². The number of hydrogen-bond acceptors (Lipinski definition) is 2. The summed E-state index contributed by atoms with van der Waals surface area (Å²) in [5.41, 5.74) is 9.68. The van der Waals surface area contributed by atoms with Gasteiger partial charge in [0.1, 0.15) is 5.58 Å². The monoisotopic (exact) mass is 537 g/mol. The standard InChI is InChI=1S/C40H27NO/c1-2-17-31(18-3-1)41(38-25-12-23-36-35-21-7-9-26-39(35)42-40(36)38)37-24-8-6-20-34(37)30-16-10-15-29(27-30)33-22-11-14-28-13-4-5-19-32(28)33/h1-27H. The average molecular weight is 538 g/mol. The number of hydrogen-bond donors (Lipinski definition) is 0. The topological polar surface area (TPSA) is 16.4 Å².